The van der Waals surface area contributed by atoms with E-state index in [2.05, 4.69) is 34.6 Å². The molecule has 0 rings (SSSR count). The summed E-state index contributed by atoms with van der Waals surface area (Å²) in [4.78, 5) is 72.2. The number of phosphoric acid groups is 2. The molecule has 0 fully saturated rings. The molecule has 0 aromatic rings. The maximum atomic E-state index is 13.0. The summed E-state index contributed by atoms with van der Waals surface area (Å²) < 4.78 is 68.0. The number of ether oxygens (including phenoxy) is 4. The molecule has 0 aliphatic heterocycles. The second-order valence-electron chi connectivity index (χ2n) is 25.4. The first-order valence-electron chi connectivity index (χ1n) is 36.1. The average molecular weight is 1300 g/mol. The summed E-state index contributed by atoms with van der Waals surface area (Å²) in [7, 11) is -9.89. The third-order valence-electron chi connectivity index (χ3n) is 16.0. The zero-order valence-corrected chi connectivity index (χ0v) is 58.6. The van der Waals surface area contributed by atoms with Gasteiger partial charge in [-0.1, -0.05) is 304 Å². The second-order valence-corrected chi connectivity index (χ2v) is 28.3. The molecule has 522 valence electrons. The molecule has 0 aromatic carbocycles. The van der Waals surface area contributed by atoms with E-state index in [4.69, 9.17) is 37.0 Å². The lowest BCUT2D eigenvalue weighted by atomic mass is 10.0. The number of unbranched alkanes of at least 4 members (excludes halogenated alkanes) is 41. The Morgan fingerprint density at radius 1 is 0.307 bits per heavy atom. The lowest BCUT2D eigenvalue weighted by Crippen LogP contribution is -2.30. The van der Waals surface area contributed by atoms with E-state index in [0.29, 0.717) is 25.7 Å². The van der Waals surface area contributed by atoms with Gasteiger partial charge in [-0.25, -0.2) is 9.13 Å². The number of carbonyl (C=O) groups excluding carboxylic acids is 4. The summed E-state index contributed by atoms with van der Waals surface area (Å²) in [5.74, 6) is -1.32. The van der Waals surface area contributed by atoms with E-state index < -0.39 is 97.5 Å². The second kappa shape index (κ2) is 62.5. The third kappa shape index (κ3) is 62.8. The molecule has 0 spiro atoms. The maximum Gasteiger partial charge on any atom is 0.472 e. The topological polar surface area (TPSA) is 237 Å². The molecule has 0 amide bonds. The molecular weight excluding hydrogens is 1160 g/mol. The molecule has 0 aliphatic carbocycles. The van der Waals surface area contributed by atoms with Crippen molar-refractivity contribution in [3.05, 3.63) is 0 Å². The van der Waals surface area contributed by atoms with Crippen molar-refractivity contribution in [3.63, 3.8) is 0 Å². The van der Waals surface area contributed by atoms with Crippen LogP contribution in [-0.2, 0) is 65.4 Å². The van der Waals surface area contributed by atoms with E-state index in [0.717, 1.165) is 102 Å². The van der Waals surface area contributed by atoms with Gasteiger partial charge in [0.15, 0.2) is 12.2 Å². The summed E-state index contributed by atoms with van der Waals surface area (Å²) in [5.41, 5.74) is 0. The van der Waals surface area contributed by atoms with Gasteiger partial charge in [0.25, 0.3) is 0 Å². The third-order valence-corrected chi connectivity index (χ3v) is 17.9. The van der Waals surface area contributed by atoms with Crippen LogP contribution >= 0.6 is 15.6 Å². The van der Waals surface area contributed by atoms with Crippen LogP contribution in [0.5, 0.6) is 0 Å². The number of aliphatic hydroxyl groups excluding tert-OH is 1. The number of rotatable bonds is 69. The monoisotopic (exact) mass is 1300 g/mol. The quantitative estimate of drug-likeness (QED) is 0.0222. The minimum absolute atomic E-state index is 0.107. The maximum absolute atomic E-state index is 13.0. The van der Waals surface area contributed by atoms with Crippen LogP contribution in [0.2, 0.25) is 0 Å². The van der Waals surface area contributed by atoms with Crippen LogP contribution in [-0.4, -0.2) is 96.7 Å². The molecular formula is C69H134O17P2. The minimum atomic E-state index is -4.95. The summed E-state index contributed by atoms with van der Waals surface area (Å²) in [5, 5.41) is 10.5. The fourth-order valence-corrected chi connectivity index (χ4v) is 12.0. The molecule has 0 saturated carbocycles. The molecule has 3 N–H and O–H groups in total. The summed E-state index contributed by atoms with van der Waals surface area (Å²) in [6, 6.07) is 0. The van der Waals surface area contributed by atoms with Gasteiger partial charge in [0.2, 0.25) is 0 Å². The largest absolute Gasteiger partial charge is 0.472 e. The first-order chi connectivity index (χ1) is 42.5. The van der Waals surface area contributed by atoms with Crippen LogP contribution in [0.1, 0.15) is 356 Å². The van der Waals surface area contributed by atoms with Crippen molar-refractivity contribution in [1.82, 2.24) is 0 Å². The Hall–Kier alpha value is -1.94. The standard InChI is InChI=1S/C69H134O17P2/c1-6-9-12-15-17-19-21-30-34-38-43-48-53-67(72)80-59-65(86-69(74)55-50-45-40-36-32-28-26-24-23-25-27-29-33-37-42-46-51-62(4)5)61-84-88(77,78)82-57-63(70)56-81-87(75,76)83-60-64(58-79-66(71)52-47-41-14-11-8-3)85-68(73)54-49-44-39-35-31-22-20-18-16-13-10-7-2/h62-65,70H,6-61H2,1-5H3,(H,75,76)(H,77,78)/t63-,64+,65+/m0/s1. The fraction of sp³-hybridized carbons (Fsp3) is 0.942. The van der Waals surface area contributed by atoms with E-state index in [1.165, 1.54) is 173 Å². The highest BCUT2D eigenvalue weighted by Crippen LogP contribution is 2.45. The van der Waals surface area contributed by atoms with Crippen LogP contribution in [0.4, 0.5) is 0 Å². The van der Waals surface area contributed by atoms with Gasteiger partial charge in [0.1, 0.15) is 19.3 Å². The molecule has 0 aliphatic rings. The van der Waals surface area contributed by atoms with E-state index in [1.54, 1.807) is 0 Å². The Morgan fingerprint density at radius 2 is 0.523 bits per heavy atom. The number of hydrogen-bond acceptors (Lipinski definition) is 15. The van der Waals surface area contributed by atoms with Crippen LogP contribution in [0.15, 0.2) is 0 Å². The molecule has 0 heterocycles. The van der Waals surface area contributed by atoms with Crippen LogP contribution in [0.25, 0.3) is 0 Å². The predicted molar refractivity (Wildman–Crippen MR) is 354 cm³/mol. The Labute approximate surface area is 537 Å². The van der Waals surface area contributed by atoms with Crippen LogP contribution < -0.4 is 0 Å². The van der Waals surface area contributed by atoms with E-state index >= 15 is 0 Å². The highest BCUT2D eigenvalue weighted by atomic mass is 31.2. The lowest BCUT2D eigenvalue weighted by molar-refractivity contribution is -0.161. The zero-order valence-electron chi connectivity index (χ0n) is 56.9. The van der Waals surface area contributed by atoms with Gasteiger partial charge in [0.05, 0.1) is 26.4 Å². The highest BCUT2D eigenvalue weighted by Gasteiger charge is 2.30. The Bertz CT molecular complexity index is 1700. The lowest BCUT2D eigenvalue weighted by Gasteiger charge is -2.21. The van der Waals surface area contributed by atoms with Crippen molar-refractivity contribution >= 4 is 39.5 Å². The van der Waals surface area contributed by atoms with Gasteiger partial charge in [-0.2, -0.15) is 0 Å². The first-order valence-corrected chi connectivity index (χ1v) is 39.1. The summed E-state index contributed by atoms with van der Waals surface area (Å²) in [6.07, 6.45) is 48.9. The normalized spacial score (nSPS) is 14.1. The summed E-state index contributed by atoms with van der Waals surface area (Å²) in [6.45, 7) is 7.18. The molecule has 19 heteroatoms. The average Bonchev–Trinajstić information content (AvgIpc) is 3.57. The van der Waals surface area contributed by atoms with Gasteiger partial charge in [0, 0.05) is 25.7 Å². The molecule has 88 heavy (non-hydrogen) atoms. The highest BCUT2D eigenvalue weighted by molar-refractivity contribution is 7.47. The van der Waals surface area contributed by atoms with E-state index in [-0.39, 0.29) is 25.7 Å². The van der Waals surface area contributed by atoms with Crippen molar-refractivity contribution in [2.24, 2.45) is 5.92 Å². The predicted octanol–water partition coefficient (Wildman–Crippen LogP) is 19.7. The molecule has 0 saturated heterocycles. The van der Waals surface area contributed by atoms with Gasteiger partial charge in [-0.05, 0) is 31.6 Å². The SMILES string of the molecule is CCCCCCCCCCCCCCC(=O)OC[C@H](COP(=O)(O)OC[C@@H](O)COP(=O)(O)OC[C@@H](COC(=O)CCCCCCC)OC(=O)CCCCCCCCCCCCCC)OC(=O)CCCCCCCCCCCCCCCCCCC(C)C. The number of esters is 4. The van der Waals surface area contributed by atoms with E-state index in [1.807, 2.05) is 0 Å². The number of hydrogen-bond donors (Lipinski definition) is 3. The van der Waals surface area contributed by atoms with Gasteiger partial charge in [-0.3, -0.25) is 37.3 Å². The van der Waals surface area contributed by atoms with Crippen molar-refractivity contribution in [1.29, 1.82) is 0 Å². The fourth-order valence-electron chi connectivity index (χ4n) is 10.5. The van der Waals surface area contributed by atoms with E-state index in [9.17, 15) is 43.2 Å². The Balaban J connectivity index is 5.13. The van der Waals surface area contributed by atoms with Crippen LogP contribution in [0, 0.1) is 5.92 Å². The molecule has 0 radical (unpaired) electrons. The van der Waals surface area contributed by atoms with Crippen molar-refractivity contribution < 1.29 is 80.2 Å². The van der Waals surface area contributed by atoms with Crippen molar-refractivity contribution in [2.75, 3.05) is 39.6 Å². The number of carbonyl (C=O) groups is 4. The number of phosphoric ester groups is 2. The van der Waals surface area contributed by atoms with Crippen molar-refractivity contribution in [2.45, 2.75) is 374 Å². The molecule has 0 bridgehead atoms. The van der Waals surface area contributed by atoms with Gasteiger partial charge < -0.3 is 33.8 Å². The smallest absolute Gasteiger partial charge is 0.462 e. The van der Waals surface area contributed by atoms with Gasteiger partial charge in [-0.15, -0.1) is 0 Å². The Morgan fingerprint density at radius 3 is 0.773 bits per heavy atom. The van der Waals surface area contributed by atoms with Crippen LogP contribution in [0.3, 0.4) is 0 Å². The van der Waals surface area contributed by atoms with Crippen molar-refractivity contribution in [3.8, 4) is 0 Å². The molecule has 2 unspecified atom stereocenters. The van der Waals surface area contributed by atoms with Gasteiger partial charge >= 0.3 is 39.5 Å². The number of aliphatic hydroxyl groups is 1. The molecule has 5 atom stereocenters. The minimum Gasteiger partial charge on any atom is -0.462 e. The zero-order chi connectivity index (χ0) is 64.9. The molecule has 0 aromatic heterocycles. The summed E-state index contributed by atoms with van der Waals surface area (Å²) >= 11 is 0. The molecule has 17 nitrogen and oxygen atoms in total. The Kier molecular flexibility index (Phi) is 61.1. The first kappa shape index (κ1) is 86.1.